The minimum atomic E-state index is 0.883. The highest BCUT2D eigenvalue weighted by atomic mass is 32.2. The molecule has 0 radical (unpaired) electrons. The number of ether oxygens (including phenoxy) is 1. The molecule has 0 saturated carbocycles. The summed E-state index contributed by atoms with van der Waals surface area (Å²) >= 11 is 3.20. The predicted molar refractivity (Wildman–Crippen MR) is 65.9 cm³/mol. The Morgan fingerprint density at radius 2 is 2.00 bits per heavy atom. The van der Waals surface area contributed by atoms with Gasteiger partial charge in [0.2, 0.25) is 0 Å². The maximum atomic E-state index is 5.12. The van der Waals surface area contributed by atoms with Gasteiger partial charge in [-0.15, -0.1) is 11.8 Å². The van der Waals surface area contributed by atoms with Crippen molar-refractivity contribution in [2.75, 3.05) is 13.4 Å². The average molecular weight is 237 g/mol. The summed E-state index contributed by atoms with van der Waals surface area (Å²) < 4.78 is 9.44. The van der Waals surface area contributed by atoms with E-state index in [1.165, 1.54) is 22.0 Å². The topological polar surface area (TPSA) is 22.1 Å². The third-order valence-electron chi connectivity index (χ3n) is 2.07. The highest BCUT2D eigenvalue weighted by Crippen LogP contribution is 2.29. The van der Waals surface area contributed by atoms with E-state index in [0.29, 0.717) is 0 Å². The summed E-state index contributed by atoms with van der Waals surface area (Å²) in [5.74, 6) is 0.883. The molecule has 4 heteroatoms. The van der Waals surface area contributed by atoms with E-state index in [-0.39, 0.29) is 0 Å². The van der Waals surface area contributed by atoms with E-state index in [9.17, 15) is 0 Å². The lowest BCUT2D eigenvalue weighted by Gasteiger charge is -2.00. The van der Waals surface area contributed by atoms with Gasteiger partial charge in [-0.05, 0) is 53.7 Å². The van der Waals surface area contributed by atoms with Crippen molar-refractivity contribution < 1.29 is 4.74 Å². The van der Waals surface area contributed by atoms with Gasteiger partial charge in [-0.3, -0.25) is 0 Å². The lowest BCUT2D eigenvalue weighted by atomic mass is 10.2. The van der Waals surface area contributed by atoms with Crippen LogP contribution < -0.4 is 4.74 Å². The fourth-order valence-electron chi connectivity index (χ4n) is 1.25. The van der Waals surface area contributed by atoms with Gasteiger partial charge in [0.15, 0.2) is 0 Å². The van der Waals surface area contributed by atoms with Crippen LogP contribution in [0.25, 0.3) is 10.4 Å². The monoisotopic (exact) mass is 237 g/mol. The Balaban J connectivity index is 2.28. The smallest absolute Gasteiger partial charge is 0.118 e. The molecule has 1 aromatic heterocycles. The Kier molecular flexibility index (Phi) is 3.28. The molecule has 0 unspecified atom stereocenters. The minimum absolute atomic E-state index is 0.883. The Labute approximate surface area is 97.5 Å². The van der Waals surface area contributed by atoms with Crippen molar-refractivity contribution in [2.24, 2.45) is 0 Å². The van der Waals surface area contributed by atoms with Gasteiger partial charge < -0.3 is 4.74 Å². The van der Waals surface area contributed by atoms with Crippen LogP contribution in [0, 0.1) is 0 Å². The molecule has 0 atom stereocenters. The van der Waals surface area contributed by atoms with Crippen LogP contribution in [0.2, 0.25) is 0 Å². The van der Waals surface area contributed by atoms with Gasteiger partial charge in [-0.25, -0.2) is 0 Å². The fraction of sp³-hybridized carbons (Fsp3) is 0.182. The molecule has 0 spiro atoms. The van der Waals surface area contributed by atoms with Crippen LogP contribution in [0.15, 0.2) is 35.4 Å². The van der Waals surface area contributed by atoms with Crippen molar-refractivity contribution in [3.8, 4) is 16.2 Å². The zero-order valence-corrected chi connectivity index (χ0v) is 10.2. The first kappa shape index (κ1) is 10.5. The molecule has 2 aromatic rings. The van der Waals surface area contributed by atoms with E-state index >= 15 is 0 Å². The molecule has 0 aliphatic heterocycles. The van der Waals surface area contributed by atoms with Gasteiger partial charge in [-0.1, -0.05) is 0 Å². The quantitative estimate of drug-likeness (QED) is 0.762. The zero-order chi connectivity index (χ0) is 10.7. The van der Waals surface area contributed by atoms with Crippen molar-refractivity contribution >= 4 is 23.3 Å². The molecule has 0 aliphatic rings. The van der Waals surface area contributed by atoms with Gasteiger partial charge in [0.05, 0.1) is 12.0 Å². The maximum Gasteiger partial charge on any atom is 0.118 e. The first-order chi connectivity index (χ1) is 7.33. The SMILES string of the molecule is COc1ccc(-c2cc(SC)ns2)cc1. The molecule has 0 saturated heterocycles. The second-order valence-electron chi connectivity index (χ2n) is 2.96. The highest BCUT2D eigenvalue weighted by molar-refractivity contribution is 7.98. The molecule has 0 amide bonds. The van der Waals surface area contributed by atoms with Gasteiger partial charge in [-0.2, -0.15) is 4.37 Å². The van der Waals surface area contributed by atoms with Crippen molar-refractivity contribution in [1.29, 1.82) is 0 Å². The second kappa shape index (κ2) is 4.68. The fourth-order valence-corrected chi connectivity index (χ4v) is 2.61. The van der Waals surface area contributed by atoms with Crippen LogP contribution in [0.3, 0.4) is 0 Å². The van der Waals surface area contributed by atoms with Gasteiger partial charge in [0, 0.05) is 0 Å². The summed E-state index contributed by atoms with van der Waals surface area (Å²) in [6.07, 6.45) is 2.03. The predicted octanol–water partition coefficient (Wildman–Crippen LogP) is 3.54. The maximum absolute atomic E-state index is 5.12. The van der Waals surface area contributed by atoms with E-state index in [4.69, 9.17) is 4.74 Å². The molecule has 0 aliphatic carbocycles. The Morgan fingerprint density at radius 1 is 1.27 bits per heavy atom. The standard InChI is InChI=1S/C11H11NOS2/c1-13-9-5-3-8(4-6-9)10-7-11(14-2)12-15-10/h3-7H,1-2H3. The summed E-state index contributed by atoms with van der Waals surface area (Å²) in [7, 11) is 1.67. The number of hydrogen-bond donors (Lipinski definition) is 0. The molecule has 1 heterocycles. The molecule has 0 fully saturated rings. The van der Waals surface area contributed by atoms with Crippen molar-refractivity contribution in [2.45, 2.75) is 5.03 Å². The van der Waals surface area contributed by atoms with E-state index in [1.807, 2.05) is 18.4 Å². The number of methoxy groups -OCH3 is 1. The van der Waals surface area contributed by atoms with Crippen molar-refractivity contribution in [1.82, 2.24) is 4.37 Å². The summed E-state index contributed by atoms with van der Waals surface area (Å²) in [5, 5.41) is 1.07. The summed E-state index contributed by atoms with van der Waals surface area (Å²) in [4.78, 5) is 1.20. The normalized spacial score (nSPS) is 10.3. The van der Waals surface area contributed by atoms with Gasteiger partial charge in [0.25, 0.3) is 0 Å². The first-order valence-corrected chi connectivity index (χ1v) is 6.48. The molecule has 78 valence electrons. The number of hydrogen-bond acceptors (Lipinski definition) is 4. The molecule has 2 rings (SSSR count). The van der Waals surface area contributed by atoms with Gasteiger partial charge >= 0.3 is 0 Å². The van der Waals surface area contributed by atoms with Crippen LogP contribution in [0.4, 0.5) is 0 Å². The molecule has 0 bridgehead atoms. The average Bonchev–Trinajstić information content (AvgIpc) is 2.78. The Hall–Kier alpha value is -1.00. The molecular weight excluding hydrogens is 226 g/mol. The van der Waals surface area contributed by atoms with E-state index in [0.717, 1.165) is 10.8 Å². The third-order valence-corrected chi connectivity index (χ3v) is 3.65. The Morgan fingerprint density at radius 3 is 2.53 bits per heavy atom. The van der Waals surface area contributed by atoms with Crippen LogP contribution in [0.5, 0.6) is 5.75 Å². The van der Waals surface area contributed by atoms with Crippen molar-refractivity contribution in [3.63, 3.8) is 0 Å². The largest absolute Gasteiger partial charge is 0.497 e. The van der Waals surface area contributed by atoms with Crippen molar-refractivity contribution in [3.05, 3.63) is 30.3 Å². The zero-order valence-electron chi connectivity index (χ0n) is 8.56. The highest BCUT2D eigenvalue weighted by Gasteiger charge is 2.03. The minimum Gasteiger partial charge on any atom is -0.497 e. The van der Waals surface area contributed by atoms with Crippen LogP contribution in [-0.4, -0.2) is 17.7 Å². The van der Waals surface area contributed by atoms with Crippen LogP contribution in [0.1, 0.15) is 0 Å². The summed E-state index contributed by atoms with van der Waals surface area (Å²) in [5.41, 5.74) is 1.19. The van der Waals surface area contributed by atoms with Crippen LogP contribution in [-0.2, 0) is 0 Å². The van der Waals surface area contributed by atoms with E-state index in [1.54, 1.807) is 18.9 Å². The third kappa shape index (κ3) is 2.33. The van der Waals surface area contributed by atoms with E-state index in [2.05, 4.69) is 22.6 Å². The molecular formula is C11H11NOS2. The molecule has 1 aromatic carbocycles. The lowest BCUT2D eigenvalue weighted by Crippen LogP contribution is -1.81. The number of thioether (sulfide) groups is 1. The lowest BCUT2D eigenvalue weighted by molar-refractivity contribution is 0.415. The number of rotatable bonds is 3. The molecule has 15 heavy (non-hydrogen) atoms. The first-order valence-electron chi connectivity index (χ1n) is 4.48. The van der Waals surface area contributed by atoms with Gasteiger partial charge in [0.1, 0.15) is 10.8 Å². The number of aromatic nitrogens is 1. The second-order valence-corrected chi connectivity index (χ2v) is 4.59. The Bertz CT molecular complexity index is 436. The number of benzene rings is 1. The summed E-state index contributed by atoms with van der Waals surface area (Å²) in [6, 6.07) is 10.1. The summed E-state index contributed by atoms with van der Waals surface area (Å²) in [6.45, 7) is 0. The number of nitrogens with zero attached hydrogens (tertiary/aromatic N) is 1. The molecule has 2 nitrogen and oxygen atoms in total. The van der Waals surface area contributed by atoms with E-state index < -0.39 is 0 Å². The molecule has 0 N–H and O–H groups in total. The van der Waals surface area contributed by atoms with Crippen LogP contribution >= 0.6 is 23.3 Å².